The molecular weight excluding hydrogens is 468 g/mol. The Hall–Kier alpha value is -3.74. The minimum Gasteiger partial charge on any atom is -0.308 e. The van der Waals surface area contributed by atoms with Gasteiger partial charge in [-0.15, -0.1) is 0 Å². The molecule has 1 aliphatic heterocycles. The van der Waals surface area contributed by atoms with Crippen LogP contribution in [0.3, 0.4) is 0 Å². The van der Waals surface area contributed by atoms with Crippen molar-refractivity contribution in [3.8, 4) is 0 Å². The number of fused-ring (bicyclic) bond motifs is 1. The molecule has 6 heteroatoms. The Bertz CT molecular complexity index is 1430. The van der Waals surface area contributed by atoms with E-state index in [0.29, 0.717) is 12.1 Å². The minimum atomic E-state index is -3.84. The zero-order chi connectivity index (χ0) is 25.1. The van der Waals surface area contributed by atoms with Gasteiger partial charge in [0.2, 0.25) is 10.0 Å². The summed E-state index contributed by atoms with van der Waals surface area (Å²) < 4.78 is 30.0. The van der Waals surface area contributed by atoms with Gasteiger partial charge in [0.25, 0.3) is 5.91 Å². The molecule has 4 aromatic rings. The van der Waals surface area contributed by atoms with Gasteiger partial charge >= 0.3 is 0 Å². The molecule has 0 saturated carbocycles. The van der Waals surface area contributed by atoms with Crippen LogP contribution in [0.15, 0.2) is 108 Å². The van der Waals surface area contributed by atoms with Crippen molar-refractivity contribution in [2.75, 3.05) is 11.4 Å². The smallest absolute Gasteiger partial charge is 0.258 e. The first kappa shape index (κ1) is 24.0. The van der Waals surface area contributed by atoms with Crippen molar-refractivity contribution in [1.29, 1.82) is 0 Å². The lowest BCUT2D eigenvalue weighted by Gasteiger charge is -2.30. The van der Waals surface area contributed by atoms with E-state index in [1.807, 2.05) is 91.9 Å². The Morgan fingerprint density at radius 2 is 1.44 bits per heavy atom. The SMILES string of the molecule is Cc1ccc(C(=O)N2CCCc3cc(S(=O)(=O)NC(c4ccccc4)c4ccccc4)ccc32)cc1. The summed E-state index contributed by atoms with van der Waals surface area (Å²) in [6.07, 6.45) is 1.50. The van der Waals surface area contributed by atoms with Crippen LogP contribution >= 0.6 is 0 Å². The summed E-state index contributed by atoms with van der Waals surface area (Å²) >= 11 is 0. The third-order valence-electron chi connectivity index (χ3n) is 6.56. The monoisotopic (exact) mass is 496 g/mol. The number of amides is 1. The van der Waals surface area contributed by atoms with Gasteiger partial charge in [-0.1, -0.05) is 78.4 Å². The second kappa shape index (κ2) is 10.1. The predicted molar refractivity (Wildman–Crippen MR) is 143 cm³/mol. The average molecular weight is 497 g/mol. The molecule has 0 spiro atoms. The number of hydrogen-bond donors (Lipinski definition) is 1. The first-order valence-electron chi connectivity index (χ1n) is 12.1. The van der Waals surface area contributed by atoms with Gasteiger partial charge in [0.1, 0.15) is 0 Å². The summed E-state index contributed by atoms with van der Waals surface area (Å²) in [5.74, 6) is -0.0714. The fourth-order valence-electron chi connectivity index (χ4n) is 4.65. The first-order chi connectivity index (χ1) is 17.4. The van der Waals surface area contributed by atoms with E-state index in [4.69, 9.17) is 0 Å². The second-order valence-corrected chi connectivity index (χ2v) is 10.8. The molecule has 36 heavy (non-hydrogen) atoms. The van der Waals surface area contributed by atoms with Crippen molar-refractivity contribution in [1.82, 2.24) is 4.72 Å². The maximum absolute atomic E-state index is 13.6. The van der Waals surface area contributed by atoms with Crippen molar-refractivity contribution in [2.45, 2.75) is 30.7 Å². The summed E-state index contributed by atoms with van der Waals surface area (Å²) in [5.41, 5.74) is 5.08. The molecular formula is C30H28N2O3S. The third-order valence-corrected chi connectivity index (χ3v) is 7.98. The zero-order valence-corrected chi connectivity index (χ0v) is 20.9. The molecule has 1 heterocycles. The van der Waals surface area contributed by atoms with Crippen molar-refractivity contribution in [3.63, 3.8) is 0 Å². The van der Waals surface area contributed by atoms with E-state index >= 15 is 0 Å². The number of hydrogen-bond acceptors (Lipinski definition) is 3. The van der Waals surface area contributed by atoms with Gasteiger partial charge in [-0.2, -0.15) is 4.72 Å². The number of rotatable bonds is 6. The lowest BCUT2D eigenvalue weighted by Crippen LogP contribution is -2.36. The Balaban J connectivity index is 1.45. The van der Waals surface area contributed by atoms with Gasteiger partial charge in [-0.25, -0.2) is 8.42 Å². The molecule has 0 radical (unpaired) electrons. The van der Waals surface area contributed by atoms with E-state index in [0.717, 1.165) is 40.8 Å². The van der Waals surface area contributed by atoms with Gasteiger partial charge in [0, 0.05) is 17.8 Å². The van der Waals surface area contributed by atoms with E-state index in [2.05, 4.69) is 4.72 Å². The Kier molecular flexibility index (Phi) is 6.72. The summed E-state index contributed by atoms with van der Waals surface area (Å²) in [6, 6.07) is 31.2. The molecule has 0 aliphatic carbocycles. The molecule has 5 rings (SSSR count). The maximum atomic E-state index is 13.6. The van der Waals surface area contributed by atoms with Crippen LogP contribution in [0.2, 0.25) is 0 Å². The molecule has 4 aromatic carbocycles. The fourth-order valence-corrected chi connectivity index (χ4v) is 5.91. The number of carbonyl (C=O) groups is 1. The molecule has 1 amide bonds. The molecule has 182 valence electrons. The van der Waals surface area contributed by atoms with Gasteiger partial charge in [0.15, 0.2) is 0 Å². The van der Waals surface area contributed by atoms with Crippen molar-refractivity contribution in [3.05, 3.63) is 131 Å². The number of benzene rings is 4. The highest BCUT2D eigenvalue weighted by atomic mass is 32.2. The summed E-state index contributed by atoms with van der Waals surface area (Å²) in [4.78, 5) is 15.2. The normalized spacial score (nSPS) is 13.4. The molecule has 0 atom stereocenters. The summed E-state index contributed by atoms with van der Waals surface area (Å²) in [6.45, 7) is 2.59. The molecule has 0 unspecified atom stereocenters. The van der Waals surface area contributed by atoms with Gasteiger partial charge in [0.05, 0.1) is 10.9 Å². The number of carbonyl (C=O) groups excluding carboxylic acids is 1. The minimum absolute atomic E-state index is 0.0714. The van der Waals surface area contributed by atoms with Gasteiger partial charge in [-0.3, -0.25) is 4.79 Å². The molecule has 0 saturated heterocycles. The van der Waals surface area contributed by atoms with E-state index in [9.17, 15) is 13.2 Å². The fraction of sp³-hybridized carbons (Fsp3) is 0.167. The average Bonchev–Trinajstić information content (AvgIpc) is 2.92. The zero-order valence-electron chi connectivity index (χ0n) is 20.1. The van der Waals surface area contributed by atoms with Crippen LogP contribution in [0.5, 0.6) is 0 Å². The number of sulfonamides is 1. The molecule has 0 fully saturated rings. The van der Waals surface area contributed by atoms with Crippen LogP contribution in [0, 0.1) is 6.92 Å². The van der Waals surface area contributed by atoms with Gasteiger partial charge in [-0.05, 0) is 66.8 Å². The van der Waals surface area contributed by atoms with Crippen LogP contribution in [0.4, 0.5) is 5.69 Å². The molecule has 5 nitrogen and oxygen atoms in total. The highest BCUT2D eigenvalue weighted by Gasteiger charge is 2.27. The molecule has 1 N–H and O–H groups in total. The third kappa shape index (κ3) is 4.96. The summed E-state index contributed by atoms with van der Waals surface area (Å²) in [5, 5.41) is 0. The van der Waals surface area contributed by atoms with Crippen LogP contribution < -0.4 is 9.62 Å². The van der Waals surface area contributed by atoms with Crippen LogP contribution in [0.25, 0.3) is 0 Å². The highest BCUT2D eigenvalue weighted by Crippen LogP contribution is 2.32. The van der Waals surface area contributed by atoms with E-state index in [-0.39, 0.29) is 10.8 Å². The number of nitrogens with one attached hydrogen (secondary N) is 1. The predicted octanol–water partition coefficient (Wildman–Crippen LogP) is 5.66. The first-order valence-corrected chi connectivity index (χ1v) is 13.5. The van der Waals surface area contributed by atoms with E-state index in [1.54, 1.807) is 23.1 Å². The molecule has 0 bridgehead atoms. The number of aryl methyl sites for hydroxylation is 2. The van der Waals surface area contributed by atoms with Crippen molar-refractivity contribution < 1.29 is 13.2 Å². The number of nitrogens with zero attached hydrogens (tertiary/aromatic N) is 1. The topological polar surface area (TPSA) is 66.5 Å². The lowest BCUT2D eigenvalue weighted by atomic mass is 10.00. The number of anilines is 1. The summed E-state index contributed by atoms with van der Waals surface area (Å²) in [7, 11) is -3.84. The van der Waals surface area contributed by atoms with E-state index in [1.165, 1.54) is 0 Å². The van der Waals surface area contributed by atoms with Crippen molar-refractivity contribution >= 4 is 21.6 Å². The lowest BCUT2D eigenvalue weighted by molar-refractivity contribution is 0.0985. The van der Waals surface area contributed by atoms with E-state index < -0.39 is 16.1 Å². The van der Waals surface area contributed by atoms with Crippen molar-refractivity contribution in [2.24, 2.45) is 0 Å². The Morgan fingerprint density at radius 3 is 2.06 bits per heavy atom. The largest absolute Gasteiger partial charge is 0.308 e. The quantitative estimate of drug-likeness (QED) is 0.375. The highest BCUT2D eigenvalue weighted by molar-refractivity contribution is 7.89. The Labute approximate surface area is 212 Å². The van der Waals surface area contributed by atoms with Crippen LogP contribution in [-0.4, -0.2) is 20.9 Å². The van der Waals surface area contributed by atoms with Gasteiger partial charge < -0.3 is 4.90 Å². The molecule has 0 aromatic heterocycles. The molecule has 1 aliphatic rings. The Morgan fingerprint density at radius 1 is 0.833 bits per heavy atom. The maximum Gasteiger partial charge on any atom is 0.258 e. The van der Waals surface area contributed by atoms with Crippen LogP contribution in [0.1, 0.15) is 45.1 Å². The standard InChI is InChI=1S/C30H28N2O3S/c1-22-14-16-25(17-15-22)30(33)32-20-8-13-26-21-27(18-19-28(26)32)36(34,35)31-29(23-9-4-2-5-10-23)24-11-6-3-7-12-24/h2-7,9-12,14-19,21,29,31H,8,13,20H2,1H3. The van der Waals surface area contributed by atoms with Crippen LogP contribution in [-0.2, 0) is 16.4 Å². The second-order valence-electron chi connectivity index (χ2n) is 9.09.